The first kappa shape index (κ1) is 11.7. The minimum Gasteiger partial charge on any atom is -0.460 e. The van der Waals surface area contributed by atoms with Crippen LogP contribution in [0.5, 0.6) is 0 Å². The summed E-state index contributed by atoms with van der Waals surface area (Å²) < 4.78 is 31.6. The summed E-state index contributed by atoms with van der Waals surface area (Å²) in [5.41, 5.74) is 0. The standard InChI is InChI=1S/C8H11NO5S/c1-3-13-8(10)6-4-7(5(2)14-6)15(9,11)12/h4H,3H2,1-2H3,(H2,9,11,12). The number of hydrogen-bond donors (Lipinski definition) is 1. The number of aryl methyl sites for hydroxylation is 1. The summed E-state index contributed by atoms with van der Waals surface area (Å²) in [5, 5.41) is 4.91. The molecule has 1 rings (SSSR count). The van der Waals surface area contributed by atoms with Crippen molar-refractivity contribution in [2.75, 3.05) is 6.61 Å². The lowest BCUT2D eigenvalue weighted by Gasteiger charge is -1.95. The second-order valence-electron chi connectivity index (χ2n) is 2.80. The van der Waals surface area contributed by atoms with Crippen LogP contribution in [0.3, 0.4) is 0 Å². The van der Waals surface area contributed by atoms with Crippen molar-refractivity contribution in [1.29, 1.82) is 0 Å². The molecule has 0 aromatic carbocycles. The highest BCUT2D eigenvalue weighted by atomic mass is 32.2. The summed E-state index contributed by atoms with van der Waals surface area (Å²) >= 11 is 0. The highest BCUT2D eigenvalue weighted by Crippen LogP contribution is 2.19. The fourth-order valence-electron chi connectivity index (χ4n) is 1.05. The maximum atomic E-state index is 11.2. The van der Waals surface area contributed by atoms with Gasteiger partial charge in [-0.05, 0) is 13.8 Å². The zero-order chi connectivity index (χ0) is 11.6. The Kier molecular flexibility index (Phi) is 3.15. The number of primary sulfonamides is 1. The number of ether oxygens (including phenoxy) is 1. The van der Waals surface area contributed by atoms with E-state index in [1.54, 1.807) is 6.92 Å². The zero-order valence-electron chi connectivity index (χ0n) is 8.31. The van der Waals surface area contributed by atoms with Crippen molar-refractivity contribution < 1.29 is 22.4 Å². The lowest BCUT2D eigenvalue weighted by atomic mass is 10.4. The molecule has 7 heteroatoms. The third-order valence-electron chi connectivity index (χ3n) is 1.66. The zero-order valence-corrected chi connectivity index (χ0v) is 9.13. The molecule has 0 atom stereocenters. The Morgan fingerprint density at radius 3 is 2.60 bits per heavy atom. The predicted octanol–water partition coefficient (Wildman–Crippen LogP) is 0.412. The van der Waals surface area contributed by atoms with Crippen LogP contribution in [0.25, 0.3) is 0 Å². The van der Waals surface area contributed by atoms with Gasteiger partial charge >= 0.3 is 5.97 Å². The molecule has 0 aliphatic rings. The van der Waals surface area contributed by atoms with Gasteiger partial charge in [-0.3, -0.25) is 0 Å². The minimum atomic E-state index is -3.86. The maximum absolute atomic E-state index is 11.2. The number of hydrogen-bond acceptors (Lipinski definition) is 5. The van der Waals surface area contributed by atoms with E-state index in [9.17, 15) is 13.2 Å². The van der Waals surface area contributed by atoms with Crippen LogP contribution in [0.15, 0.2) is 15.4 Å². The Morgan fingerprint density at radius 1 is 1.60 bits per heavy atom. The summed E-state index contributed by atoms with van der Waals surface area (Å²) in [6, 6.07) is 1.06. The van der Waals surface area contributed by atoms with Crippen molar-refractivity contribution in [3.63, 3.8) is 0 Å². The molecular formula is C8H11NO5S. The molecule has 0 saturated heterocycles. The first-order valence-corrected chi connectivity index (χ1v) is 5.71. The second-order valence-corrected chi connectivity index (χ2v) is 4.33. The molecule has 1 heterocycles. The van der Waals surface area contributed by atoms with Crippen molar-refractivity contribution in [1.82, 2.24) is 0 Å². The SMILES string of the molecule is CCOC(=O)c1cc(S(N)(=O)=O)c(C)o1. The normalized spacial score (nSPS) is 11.4. The summed E-state index contributed by atoms with van der Waals surface area (Å²) in [6.07, 6.45) is 0. The Balaban J connectivity index is 3.12. The predicted molar refractivity (Wildman–Crippen MR) is 50.8 cm³/mol. The van der Waals surface area contributed by atoms with E-state index in [0.29, 0.717) is 0 Å². The fourth-order valence-corrected chi connectivity index (χ4v) is 1.76. The first-order valence-electron chi connectivity index (χ1n) is 4.16. The number of sulfonamides is 1. The Morgan fingerprint density at radius 2 is 2.20 bits per heavy atom. The van der Waals surface area contributed by atoms with Gasteiger partial charge < -0.3 is 9.15 Å². The van der Waals surface area contributed by atoms with Gasteiger partial charge in [0.15, 0.2) is 0 Å². The van der Waals surface area contributed by atoms with Crippen LogP contribution in [0, 0.1) is 6.92 Å². The van der Waals surface area contributed by atoms with Gasteiger partial charge in [0.05, 0.1) is 6.61 Å². The number of nitrogens with two attached hydrogens (primary N) is 1. The quantitative estimate of drug-likeness (QED) is 0.762. The van der Waals surface area contributed by atoms with Gasteiger partial charge in [0, 0.05) is 6.07 Å². The van der Waals surface area contributed by atoms with Gasteiger partial charge in [-0.25, -0.2) is 18.4 Å². The lowest BCUT2D eigenvalue weighted by Crippen LogP contribution is -2.12. The van der Waals surface area contributed by atoms with Gasteiger partial charge in [0.2, 0.25) is 15.8 Å². The molecule has 0 bridgehead atoms. The molecule has 0 amide bonds. The Hall–Kier alpha value is -1.34. The molecule has 0 saturated carbocycles. The first-order chi connectivity index (χ1) is 6.86. The monoisotopic (exact) mass is 233 g/mol. The van der Waals surface area contributed by atoms with E-state index in [0.717, 1.165) is 6.07 Å². The molecule has 15 heavy (non-hydrogen) atoms. The van der Waals surface area contributed by atoms with Crippen molar-refractivity contribution >= 4 is 16.0 Å². The number of rotatable bonds is 3. The number of carbonyl (C=O) groups excluding carboxylic acids is 1. The van der Waals surface area contributed by atoms with E-state index < -0.39 is 16.0 Å². The highest BCUT2D eigenvalue weighted by molar-refractivity contribution is 7.89. The molecular weight excluding hydrogens is 222 g/mol. The molecule has 0 aliphatic heterocycles. The van der Waals surface area contributed by atoms with Crippen LogP contribution in [0.1, 0.15) is 23.2 Å². The molecule has 0 spiro atoms. The van der Waals surface area contributed by atoms with E-state index in [4.69, 9.17) is 9.56 Å². The average molecular weight is 233 g/mol. The average Bonchev–Trinajstić information content (AvgIpc) is 2.47. The summed E-state index contributed by atoms with van der Waals surface area (Å²) in [5.74, 6) is -0.811. The van der Waals surface area contributed by atoms with Crippen molar-refractivity contribution in [3.05, 3.63) is 17.6 Å². The minimum absolute atomic E-state index is 0.0700. The molecule has 84 valence electrons. The lowest BCUT2D eigenvalue weighted by molar-refractivity contribution is 0.0488. The number of furan rings is 1. The van der Waals surface area contributed by atoms with E-state index in [-0.39, 0.29) is 23.0 Å². The second kappa shape index (κ2) is 4.03. The molecule has 0 fully saturated rings. The van der Waals surface area contributed by atoms with Crippen LogP contribution in [-0.4, -0.2) is 21.0 Å². The van der Waals surface area contributed by atoms with Crippen molar-refractivity contribution in [2.45, 2.75) is 18.7 Å². The van der Waals surface area contributed by atoms with Crippen LogP contribution in [0.2, 0.25) is 0 Å². The largest absolute Gasteiger partial charge is 0.460 e. The van der Waals surface area contributed by atoms with E-state index >= 15 is 0 Å². The summed E-state index contributed by atoms with van der Waals surface area (Å²) in [4.78, 5) is 11.0. The van der Waals surface area contributed by atoms with Gasteiger partial charge in [-0.1, -0.05) is 0 Å². The van der Waals surface area contributed by atoms with E-state index in [1.165, 1.54) is 6.92 Å². The third-order valence-corrected chi connectivity index (χ3v) is 2.67. The Bertz CT molecular complexity index is 473. The molecule has 1 aromatic heterocycles. The molecule has 6 nitrogen and oxygen atoms in total. The molecule has 0 radical (unpaired) electrons. The van der Waals surface area contributed by atoms with Crippen LogP contribution in [0.4, 0.5) is 0 Å². The van der Waals surface area contributed by atoms with Crippen LogP contribution >= 0.6 is 0 Å². The maximum Gasteiger partial charge on any atom is 0.374 e. The van der Waals surface area contributed by atoms with Crippen molar-refractivity contribution in [2.24, 2.45) is 5.14 Å². The van der Waals surface area contributed by atoms with E-state index in [1.807, 2.05) is 0 Å². The van der Waals surface area contributed by atoms with Gasteiger partial charge in [-0.2, -0.15) is 0 Å². The van der Waals surface area contributed by atoms with Crippen molar-refractivity contribution in [3.8, 4) is 0 Å². The van der Waals surface area contributed by atoms with Gasteiger partial charge in [0.25, 0.3) is 0 Å². The van der Waals surface area contributed by atoms with Gasteiger partial charge in [-0.15, -0.1) is 0 Å². The number of esters is 1. The number of carbonyl (C=O) groups is 1. The smallest absolute Gasteiger partial charge is 0.374 e. The molecule has 0 unspecified atom stereocenters. The topological polar surface area (TPSA) is 99.6 Å². The van der Waals surface area contributed by atoms with Gasteiger partial charge in [0.1, 0.15) is 10.7 Å². The van der Waals surface area contributed by atoms with E-state index in [2.05, 4.69) is 4.74 Å². The van der Waals surface area contributed by atoms with Crippen LogP contribution < -0.4 is 5.14 Å². The Labute approximate surface area is 87.1 Å². The molecule has 1 aromatic rings. The third kappa shape index (κ3) is 2.57. The highest BCUT2D eigenvalue weighted by Gasteiger charge is 2.21. The molecule has 2 N–H and O–H groups in total. The van der Waals surface area contributed by atoms with Crippen LogP contribution in [-0.2, 0) is 14.8 Å². The summed E-state index contributed by atoms with van der Waals surface area (Å²) in [6.45, 7) is 3.22. The fraction of sp³-hybridized carbons (Fsp3) is 0.375. The summed E-state index contributed by atoms with van der Waals surface area (Å²) in [7, 11) is -3.86. The molecule has 0 aliphatic carbocycles.